The summed E-state index contributed by atoms with van der Waals surface area (Å²) < 4.78 is 34.6. The van der Waals surface area contributed by atoms with E-state index in [1.54, 1.807) is 0 Å². The molecule has 72 valence electrons. The zero-order valence-electron chi connectivity index (χ0n) is 6.45. The number of carbonyl (C=O) groups excluding carboxylic acids is 1. The van der Waals surface area contributed by atoms with Crippen molar-refractivity contribution in [3.05, 3.63) is 0 Å². The van der Waals surface area contributed by atoms with Crippen molar-refractivity contribution < 1.29 is 18.0 Å². The molecule has 0 spiro atoms. The van der Waals surface area contributed by atoms with Gasteiger partial charge in [-0.3, -0.25) is 4.79 Å². The average Bonchev–Trinajstić information content (AvgIpc) is 1.95. The number of amides is 1. The van der Waals surface area contributed by atoms with Crippen LogP contribution < -0.4 is 11.1 Å². The number of alkyl halides is 3. The van der Waals surface area contributed by atoms with E-state index in [4.69, 9.17) is 5.73 Å². The van der Waals surface area contributed by atoms with Gasteiger partial charge in [-0.1, -0.05) is 0 Å². The Kier molecular flexibility index (Phi) is 4.65. The fourth-order valence-corrected chi connectivity index (χ4v) is 0.555. The van der Waals surface area contributed by atoms with Crippen molar-refractivity contribution in [1.82, 2.24) is 5.32 Å². The second-order valence-corrected chi connectivity index (χ2v) is 2.25. The molecule has 0 fully saturated rings. The summed E-state index contributed by atoms with van der Waals surface area (Å²) in [6.45, 7) is 0.453. The van der Waals surface area contributed by atoms with Crippen LogP contribution in [0.25, 0.3) is 0 Å². The van der Waals surface area contributed by atoms with Crippen molar-refractivity contribution in [3.63, 3.8) is 0 Å². The van der Waals surface area contributed by atoms with Crippen LogP contribution in [-0.2, 0) is 4.79 Å². The highest BCUT2D eigenvalue weighted by atomic mass is 19.4. The molecular formula is C6H11F3N2O. The average molecular weight is 184 g/mol. The molecule has 0 aromatic carbocycles. The summed E-state index contributed by atoms with van der Waals surface area (Å²) in [5.41, 5.74) is 5.02. The third-order valence-corrected chi connectivity index (χ3v) is 1.10. The van der Waals surface area contributed by atoms with Gasteiger partial charge in [0.25, 0.3) is 0 Å². The van der Waals surface area contributed by atoms with Crippen LogP contribution in [-0.4, -0.2) is 25.2 Å². The van der Waals surface area contributed by atoms with E-state index >= 15 is 0 Å². The molecule has 0 aliphatic heterocycles. The molecule has 0 aliphatic carbocycles. The van der Waals surface area contributed by atoms with E-state index in [0.29, 0.717) is 0 Å². The van der Waals surface area contributed by atoms with Gasteiger partial charge >= 0.3 is 6.18 Å². The highest BCUT2D eigenvalue weighted by molar-refractivity contribution is 5.75. The highest BCUT2D eigenvalue weighted by Crippen LogP contribution is 2.20. The molecule has 0 bridgehead atoms. The van der Waals surface area contributed by atoms with E-state index < -0.39 is 24.9 Å². The molecule has 3 N–H and O–H groups in total. The summed E-state index contributed by atoms with van der Waals surface area (Å²) in [5.74, 6) is -0.613. The van der Waals surface area contributed by atoms with Crippen LogP contribution in [0.15, 0.2) is 0 Å². The van der Waals surface area contributed by atoms with Crippen LogP contribution >= 0.6 is 0 Å². The molecule has 0 atom stereocenters. The number of nitrogens with one attached hydrogen (secondary N) is 1. The third kappa shape index (κ3) is 7.33. The fraction of sp³-hybridized carbons (Fsp3) is 0.833. The molecule has 1 amide bonds. The Morgan fingerprint density at radius 3 is 2.42 bits per heavy atom. The maximum atomic E-state index is 11.5. The minimum Gasteiger partial charge on any atom is -0.355 e. The van der Waals surface area contributed by atoms with Gasteiger partial charge in [-0.05, 0) is 0 Å². The summed E-state index contributed by atoms with van der Waals surface area (Å²) in [4.78, 5) is 10.6. The summed E-state index contributed by atoms with van der Waals surface area (Å²) in [5, 5.41) is 2.24. The molecule has 0 aromatic heterocycles. The summed E-state index contributed by atoms with van der Waals surface area (Å²) in [6, 6.07) is 0. The first-order chi connectivity index (χ1) is 5.45. The van der Waals surface area contributed by atoms with E-state index in [0.717, 1.165) is 0 Å². The molecule has 0 heterocycles. The Hall–Kier alpha value is -0.780. The number of hydrogen-bond acceptors (Lipinski definition) is 2. The molecule has 6 heteroatoms. The van der Waals surface area contributed by atoms with Crippen LogP contribution in [0.2, 0.25) is 0 Å². The van der Waals surface area contributed by atoms with Crippen molar-refractivity contribution in [2.75, 3.05) is 13.1 Å². The van der Waals surface area contributed by atoms with Gasteiger partial charge in [-0.2, -0.15) is 13.2 Å². The zero-order valence-corrected chi connectivity index (χ0v) is 6.45. The van der Waals surface area contributed by atoms with Crippen LogP contribution in [0.3, 0.4) is 0 Å². The van der Waals surface area contributed by atoms with Crippen molar-refractivity contribution in [1.29, 1.82) is 0 Å². The van der Waals surface area contributed by atoms with Gasteiger partial charge in [0.2, 0.25) is 5.91 Å². The number of carbonyl (C=O) groups is 1. The number of hydrogen-bond donors (Lipinski definition) is 2. The van der Waals surface area contributed by atoms with E-state index in [1.807, 2.05) is 0 Å². The lowest BCUT2D eigenvalue weighted by Crippen LogP contribution is -2.29. The van der Waals surface area contributed by atoms with Gasteiger partial charge in [0.05, 0.1) is 6.42 Å². The van der Waals surface area contributed by atoms with E-state index in [1.165, 1.54) is 0 Å². The maximum absolute atomic E-state index is 11.5. The Morgan fingerprint density at radius 1 is 1.42 bits per heavy atom. The quantitative estimate of drug-likeness (QED) is 0.664. The first-order valence-corrected chi connectivity index (χ1v) is 3.49. The molecule has 0 aromatic rings. The second-order valence-electron chi connectivity index (χ2n) is 2.25. The van der Waals surface area contributed by atoms with Gasteiger partial charge < -0.3 is 11.1 Å². The van der Waals surface area contributed by atoms with E-state index in [9.17, 15) is 18.0 Å². The van der Waals surface area contributed by atoms with Crippen molar-refractivity contribution in [3.8, 4) is 0 Å². The Labute approximate surface area is 68.1 Å². The molecular weight excluding hydrogens is 173 g/mol. The lowest BCUT2D eigenvalue weighted by Gasteiger charge is -2.05. The van der Waals surface area contributed by atoms with Crippen LogP contribution in [0.4, 0.5) is 13.2 Å². The maximum Gasteiger partial charge on any atom is 0.389 e. The molecule has 0 rings (SSSR count). The SMILES string of the molecule is NCCNC(=O)CCC(F)(F)F. The van der Waals surface area contributed by atoms with E-state index in [2.05, 4.69) is 5.32 Å². The molecule has 0 saturated carbocycles. The number of halogens is 3. The normalized spacial score (nSPS) is 11.3. The summed E-state index contributed by atoms with van der Waals surface area (Å²) >= 11 is 0. The van der Waals surface area contributed by atoms with Crippen LogP contribution in [0.1, 0.15) is 12.8 Å². The Balaban J connectivity index is 3.44. The molecule has 0 radical (unpaired) electrons. The first kappa shape index (κ1) is 11.2. The topological polar surface area (TPSA) is 55.1 Å². The van der Waals surface area contributed by atoms with Crippen molar-refractivity contribution in [2.45, 2.75) is 19.0 Å². The number of nitrogens with two attached hydrogens (primary N) is 1. The van der Waals surface area contributed by atoms with Gasteiger partial charge in [0, 0.05) is 19.5 Å². The van der Waals surface area contributed by atoms with Gasteiger partial charge in [-0.15, -0.1) is 0 Å². The van der Waals surface area contributed by atoms with Crippen LogP contribution in [0.5, 0.6) is 0 Å². The smallest absolute Gasteiger partial charge is 0.355 e. The lowest BCUT2D eigenvalue weighted by atomic mass is 10.3. The van der Waals surface area contributed by atoms with Crippen LogP contribution in [0, 0.1) is 0 Å². The summed E-state index contributed by atoms with van der Waals surface area (Å²) in [6.07, 6.45) is -5.87. The summed E-state index contributed by atoms with van der Waals surface area (Å²) in [7, 11) is 0. The van der Waals surface area contributed by atoms with Gasteiger partial charge in [-0.25, -0.2) is 0 Å². The Bertz CT molecular complexity index is 146. The highest BCUT2D eigenvalue weighted by Gasteiger charge is 2.27. The fourth-order valence-electron chi connectivity index (χ4n) is 0.555. The lowest BCUT2D eigenvalue weighted by molar-refractivity contribution is -0.144. The largest absolute Gasteiger partial charge is 0.389 e. The molecule has 0 unspecified atom stereocenters. The minimum absolute atomic E-state index is 0.219. The van der Waals surface area contributed by atoms with Gasteiger partial charge in [0.1, 0.15) is 0 Å². The second kappa shape index (κ2) is 4.97. The monoisotopic (exact) mass is 184 g/mol. The Morgan fingerprint density at radius 2 is 2.00 bits per heavy atom. The molecule has 12 heavy (non-hydrogen) atoms. The zero-order chi connectivity index (χ0) is 9.61. The molecule has 3 nitrogen and oxygen atoms in total. The minimum atomic E-state index is -4.26. The molecule has 0 saturated heterocycles. The predicted octanol–water partition coefficient (Wildman–Crippen LogP) is 0.404. The van der Waals surface area contributed by atoms with E-state index in [-0.39, 0.29) is 13.1 Å². The number of rotatable bonds is 4. The van der Waals surface area contributed by atoms with Crippen molar-refractivity contribution in [2.24, 2.45) is 5.73 Å². The predicted molar refractivity (Wildman–Crippen MR) is 37.4 cm³/mol. The molecule has 0 aliphatic rings. The van der Waals surface area contributed by atoms with Crippen molar-refractivity contribution >= 4 is 5.91 Å². The van der Waals surface area contributed by atoms with Gasteiger partial charge in [0.15, 0.2) is 0 Å². The third-order valence-electron chi connectivity index (χ3n) is 1.10. The standard InChI is InChI=1S/C6H11F3N2O/c7-6(8,9)2-1-5(12)11-4-3-10/h1-4,10H2,(H,11,12). The first-order valence-electron chi connectivity index (χ1n) is 3.49.